The van der Waals surface area contributed by atoms with Gasteiger partial charge in [0.15, 0.2) is 0 Å². The number of primary amides is 1. The zero-order chi connectivity index (χ0) is 16.9. The Morgan fingerprint density at radius 2 is 2.05 bits per heavy atom. The fraction of sp³-hybridized carbons (Fsp3) is 0.429. The van der Waals surface area contributed by atoms with Crippen LogP contribution in [0.2, 0.25) is 0 Å². The number of benzene rings is 1. The van der Waals surface area contributed by atoms with Crippen LogP contribution in [0.25, 0.3) is 0 Å². The van der Waals surface area contributed by atoms with Crippen LogP contribution in [0.1, 0.15) is 24.2 Å². The van der Waals surface area contributed by atoms with E-state index >= 15 is 0 Å². The van der Waals surface area contributed by atoms with Gasteiger partial charge in [-0.1, -0.05) is 13.8 Å². The molecule has 8 heteroatoms. The lowest BCUT2D eigenvalue weighted by Gasteiger charge is -2.19. The highest BCUT2D eigenvalue weighted by Crippen LogP contribution is 2.30. The molecule has 1 rings (SSSR count). The first-order chi connectivity index (χ1) is 10.2. The Morgan fingerprint density at radius 1 is 1.41 bits per heavy atom. The van der Waals surface area contributed by atoms with E-state index in [4.69, 9.17) is 5.73 Å². The van der Waals surface area contributed by atoms with Crippen molar-refractivity contribution in [1.82, 2.24) is 4.90 Å². The Labute approximate surface area is 133 Å². The summed E-state index contributed by atoms with van der Waals surface area (Å²) in [5.41, 5.74) is 4.96. The van der Waals surface area contributed by atoms with Crippen LogP contribution in [0.4, 0.5) is 5.69 Å². The third-order valence-electron chi connectivity index (χ3n) is 2.86. The summed E-state index contributed by atoms with van der Waals surface area (Å²) in [5.74, 6) is -0.387. The topological polar surface area (TPSA) is 107 Å². The van der Waals surface area contributed by atoms with Crippen molar-refractivity contribution in [3.8, 4) is 0 Å². The monoisotopic (exact) mass is 325 g/mol. The Hall–Kier alpha value is -2.09. The van der Waals surface area contributed by atoms with Crippen LogP contribution in [-0.4, -0.2) is 41.0 Å². The van der Waals surface area contributed by atoms with E-state index in [9.17, 15) is 19.7 Å². The van der Waals surface area contributed by atoms with E-state index in [0.29, 0.717) is 17.4 Å². The van der Waals surface area contributed by atoms with Gasteiger partial charge in [-0.05, 0) is 18.1 Å². The summed E-state index contributed by atoms with van der Waals surface area (Å²) < 4.78 is 0. The van der Waals surface area contributed by atoms with Gasteiger partial charge in [0.25, 0.3) is 5.69 Å². The number of nitro benzene ring substituents is 1. The SMILES string of the molecule is CC(C)CN(C)C(=O)CSc1ccc(C(N)=O)cc1[N+](=O)[O-]. The van der Waals surface area contributed by atoms with E-state index in [1.165, 1.54) is 12.1 Å². The zero-order valence-corrected chi connectivity index (χ0v) is 13.6. The summed E-state index contributed by atoms with van der Waals surface area (Å²) in [6, 6.07) is 3.99. The maximum absolute atomic E-state index is 12.0. The smallest absolute Gasteiger partial charge is 0.283 e. The summed E-state index contributed by atoms with van der Waals surface area (Å²) in [5, 5.41) is 11.1. The lowest BCUT2D eigenvalue weighted by atomic mass is 10.2. The molecule has 7 nitrogen and oxygen atoms in total. The lowest BCUT2D eigenvalue weighted by Crippen LogP contribution is -2.31. The highest BCUT2D eigenvalue weighted by atomic mass is 32.2. The van der Waals surface area contributed by atoms with Crippen molar-refractivity contribution >= 4 is 29.3 Å². The molecule has 1 aromatic rings. The van der Waals surface area contributed by atoms with Crippen LogP contribution >= 0.6 is 11.8 Å². The number of hydrogen-bond donors (Lipinski definition) is 1. The number of hydrogen-bond acceptors (Lipinski definition) is 5. The van der Waals surface area contributed by atoms with Gasteiger partial charge in [-0.15, -0.1) is 11.8 Å². The highest BCUT2D eigenvalue weighted by molar-refractivity contribution is 8.00. The molecule has 0 fully saturated rings. The summed E-state index contributed by atoms with van der Waals surface area (Å²) in [6.45, 7) is 4.64. The van der Waals surface area contributed by atoms with Crippen LogP contribution < -0.4 is 5.73 Å². The number of carbonyl (C=O) groups is 2. The molecule has 0 aliphatic heterocycles. The molecule has 0 saturated carbocycles. The number of rotatable bonds is 7. The Bertz CT molecular complexity index is 589. The summed E-state index contributed by atoms with van der Waals surface area (Å²) in [7, 11) is 1.70. The molecule has 0 radical (unpaired) electrons. The van der Waals surface area contributed by atoms with Crippen molar-refractivity contribution in [2.24, 2.45) is 11.7 Å². The van der Waals surface area contributed by atoms with Crippen molar-refractivity contribution < 1.29 is 14.5 Å². The predicted molar refractivity (Wildman–Crippen MR) is 84.8 cm³/mol. The molecule has 2 amide bonds. The predicted octanol–water partition coefficient (Wildman–Crippen LogP) is 1.90. The van der Waals surface area contributed by atoms with E-state index in [1.54, 1.807) is 11.9 Å². The lowest BCUT2D eigenvalue weighted by molar-refractivity contribution is -0.387. The standard InChI is InChI=1S/C14H19N3O4S/c1-9(2)7-16(3)13(18)8-22-12-5-4-10(14(15)19)6-11(12)17(20)21/h4-6,9H,7-8H2,1-3H3,(H2,15,19). The molecule has 1 aromatic carbocycles. The molecule has 120 valence electrons. The largest absolute Gasteiger partial charge is 0.366 e. The third-order valence-corrected chi connectivity index (χ3v) is 3.90. The van der Waals surface area contributed by atoms with Crippen molar-refractivity contribution in [2.75, 3.05) is 19.3 Å². The minimum absolute atomic E-state index is 0.0688. The van der Waals surface area contributed by atoms with E-state index in [2.05, 4.69) is 0 Å². The Kier molecular flexibility index (Phi) is 6.36. The van der Waals surface area contributed by atoms with Gasteiger partial charge in [0.2, 0.25) is 11.8 Å². The molecule has 0 heterocycles. The summed E-state index contributed by atoms with van der Waals surface area (Å²) >= 11 is 1.07. The average molecular weight is 325 g/mol. The number of thioether (sulfide) groups is 1. The minimum atomic E-state index is -0.729. The van der Waals surface area contributed by atoms with Gasteiger partial charge >= 0.3 is 0 Å². The van der Waals surface area contributed by atoms with Gasteiger partial charge in [0, 0.05) is 25.2 Å². The fourth-order valence-electron chi connectivity index (χ4n) is 1.83. The first-order valence-corrected chi connectivity index (χ1v) is 7.66. The van der Waals surface area contributed by atoms with Crippen molar-refractivity contribution in [2.45, 2.75) is 18.7 Å². The van der Waals surface area contributed by atoms with E-state index in [0.717, 1.165) is 17.8 Å². The van der Waals surface area contributed by atoms with Crippen LogP contribution in [0.5, 0.6) is 0 Å². The first-order valence-electron chi connectivity index (χ1n) is 6.67. The second kappa shape index (κ2) is 7.79. The highest BCUT2D eigenvalue weighted by Gasteiger charge is 2.19. The fourth-order valence-corrected chi connectivity index (χ4v) is 2.78. The van der Waals surface area contributed by atoms with Crippen LogP contribution in [-0.2, 0) is 4.79 Å². The molecule has 0 spiro atoms. The van der Waals surface area contributed by atoms with Gasteiger partial charge in [0.1, 0.15) is 0 Å². The first kappa shape index (κ1) is 18.0. The van der Waals surface area contributed by atoms with Gasteiger partial charge < -0.3 is 10.6 Å². The van der Waals surface area contributed by atoms with Crippen molar-refractivity contribution in [1.29, 1.82) is 0 Å². The molecular formula is C14H19N3O4S. The van der Waals surface area contributed by atoms with Crippen LogP contribution in [0.15, 0.2) is 23.1 Å². The van der Waals surface area contributed by atoms with Gasteiger partial charge in [0.05, 0.1) is 15.6 Å². The molecule has 0 aliphatic carbocycles. The molecule has 0 saturated heterocycles. The van der Waals surface area contributed by atoms with Crippen LogP contribution in [0.3, 0.4) is 0 Å². The zero-order valence-electron chi connectivity index (χ0n) is 12.7. The molecule has 22 heavy (non-hydrogen) atoms. The number of carbonyl (C=O) groups excluding carboxylic acids is 2. The van der Waals surface area contributed by atoms with Crippen molar-refractivity contribution in [3.05, 3.63) is 33.9 Å². The van der Waals surface area contributed by atoms with Gasteiger partial charge in [-0.3, -0.25) is 19.7 Å². The molecule has 0 unspecified atom stereocenters. The normalized spacial score (nSPS) is 10.5. The molecule has 0 aliphatic rings. The maximum atomic E-state index is 12.0. The summed E-state index contributed by atoms with van der Waals surface area (Å²) in [6.07, 6.45) is 0. The molecule has 0 bridgehead atoms. The van der Waals surface area contributed by atoms with Gasteiger partial charge in [-0.2, -0.15) is 0 Å². The van der Waals surface area contributed by atoms with Gasteiger partial charge in [-0.25, -0.2) is 0 Å². The van der Waals surface area contributed by atoms with E-state index in [1.807, 2.05) is 13.8 Å². The maximum Gasteiger partial charge on any atom is 0.283 e. The summed E-state index contributed by atoms with van der Waals surface area (Å²) in [4.78, 5) is 35.5. The second-order valence-corrected chi connectivity index (χ2v) is 6.28. The quantitative estimate of drug-likeness (QED) is 0.468. The molecule has 0 atom stereocenters. The molecular weight excluding hydrogens is 306 g/mol. The number of nitrogens with two attached hydrogens (primary N) is 1. The average Bonchev–Trinajstić information content (AvgIpc) is 2.43. The second-order valence-electron chi connectivity index (χ2n) is 5.26. The Balaban J connectivity index is 2.83. The molecule has 0 aromatic heterocycles. The van der Waals surface area contributed by atoms with Crippen LogP contribution in [0, 0.1) is 16.0 Å². The minimum Gasteiger partial charge on any atom is -0.366 e. The number of amides is 2. The molecule has 2 N–H and O–H groups in total. The van der Waals surface area contributed by atoms with Crippen molar-refractivity contribution in [3.63, 3.8) is 0 Å². The Morgan fingerprint density at radius 3 is 2.55 bits per heavy atom. The third kappa shape index (κ3) is 5.03. The van der Waals surface area contributed by atoms with E-state index < -0.39 is 10.8 Å². The van der Waals surface area contributed by atoms with E-state index in [-0.39, 0.29) is 22.9 Å². The number of nitrogens with zero attached hydrogens (tertiary/aromatic N) is 2. The number of nitro groups is 1.